The van der Waals surface area contributed by atoms with Crippen molar-refractivity contribution in [3.8, 4) is 5.69 Å². The predicted molar refractivity (Wildman–Crippen MR) is 44.2 cm³/mol. The van der Waals surface area contributed by atoms with Gasteiger partial charge >= 0.3 is 0 Å². The summed E-state index contributed by atoms with van der Waals surface area (Å²) in [5.41, 5.74) is 0.733. The number of hydrogen-bond acceptors (Lipinski definition) is 3. The predicted octanol–water partition coefficient (Wildman–Crippen LogP) is 1.32. The Morgan fingerprint density at radius 1 is 1.33 bits per heavy atom. The molecule has 0 unspecified atom stereocenters. The second kappa shape index (κ2) is 2.91. The molecule has 4 nitrogen and oxygen atoms in total. The maximum Gasteiger partial charge on any atom is 0.154 e. The van der Waals surface area contributed by atoms with Crippen LogP contribution < -0.4 is 0 Å². The smallest absolute Gasteiger partial charge is 0.154 e. The quantitative estimate of drug-likeness (QED) is 0.622. The van der Waals surface area contributed by atoms with Crippen LogP contribution in [0.2, 0.25) is 5.15 Å². The Hall–Kier alpha value is -1.42. The summed E-state index contributed by atoms with van der Waals surface area (Å²) in [6, 6.07) is 3.62. The third kappa shape index (κ3) is 1.16. The van der Waals surface area contributed by atoms with Gasteiger partial charge in [-0.25, -0.2) is 9.67 Å². The fraction of sp³-hybridized carbons (Fsp3) is 0. The van der Waals surface area contributed by atoms with Gasteiger partial charge < -0.3 is 0 Å². The lowest BCUT2D eigenvalue weighted by Crippen LogP contribution is -1.96. The van der Waals surface area contributed by atoms with E-state index >= 15 is 0 Å². The minimum Gasteiger partial charge on any atom is -0.242 e. The van der Waals surface area contributed by atoms with Crippen molar-refractivity contribution in [1.82, 2.24) is 20.0 Å². The first-order chi connectivity index (χ1) is 5.88. The first-order valence-electron chi connectivity index (χ1n) is 3.35. The van der Waals surface area contributed by atoms with Gasteiger partial charge in [-0.05, 0) is 12.1 Å². The molecule has 0 atom stereocenters. The molecule has 0 spiro atoms. The summed E-state index contributed by atoms with van der Waals surface area (Å²) < 4.78 is 1.56. The Bertz CT molecular complexity index is 371. The summed E-state index contributed by atoms with van der Waals surface area (Å²) in [6.45, 7) is 0. The lowest BCUT2D eigenvalue weighted by Gasteiger charge is -1.99. The zero-order valence-corrected chi connectivity index (χ0v) is 6.81. The minimum atomic E-state index is 0.419. The standard InChI is InChI=1S/C7H5ClN4/c8-7-6(2-1-3-9-7)12-5-4-10-11-12/h1-5H. The van der Waals surface area contributed by atoms with E-state index in [2.05, 4.69) is 15.3 Å². The highest BCUT2D eigenvalue weighted by Crippen LogP contribution is 2.14. The average Bonchev–Trinajstić information content (AvgIpc) is 2.57. The number of halogens is 1. The summed E-state index contributed by atoms with van der Waals surface area (Å²) in [6.07, 6.45) is 4.93. The van der Waals surface area contributed by atoms with Crippen molar-refractivity contribution in [1.29, 1.82) is 0 Å². The molecule has 0 aliphatic heterocycles. The number of rotatable bonds is 1. The first-order valence-corrected chi connectivity index (χ1v) is 3.73. The number of hydrogen-bond donors (Lipinski definition) is 0. The third-order valence-electron chi connectivity index (χ3n) is 1.41. The summed E-state index contributed by atoms with van der Waals surface area (Å²) in [5.74, 6) is 0. The van der Waals surface area contributed by atoms with Gasteiger partial charge in [0.15, 0.2) is 5.15 Å². The van der Waals surface area contributed by atoms with E-state index < -0.39 is 0 Å². The van der Waals surface area contributed by atoms with Gasteiger partial charge in [-0.1, -0.05) is 16.8 Å². The minimum absolute atomic E-state index is 0.419. The molecule has 0 radical (unpaired) electrons. The molecule has 2 rings (SSSR count). The molecule has 0 saturated heterocycles. The van der Waals surface area contributed by atoms with Crippen LogP contribution >= 0.6 is 11.6 Å². The zero-order valence-electron chi connectivity index (χ0n) is 6.05. The van der Waals surface area contributed by atoms with E-state index in [0.29, 0.717) is 5.15 Å². The van der Waals surface area contributed by atoms with Crippen molar-refractivity contribution in [3.05, 3.63) is 35.9 Å². The number of aromatic nitrogens is 4. The van der Waals surface area contributed by atoms with Gasteiger partial charge in [0.25, 0.3) is 0 Å². The zero-order chi connectivity index (χ0) is 8.39. The Morgan fingerprint density at radius 3 is 2.92 bits per heavy atom. The van der Waals surface area contributed by atoms with Gasteiger partial charge in [0, 0.05) is 6.20 Å². The second-order valence-electron chi connectivity index (χ2n) is 2.16. The maximum atomic E-state index is 5.82. The van der Waals surface area contributed by atoms with Crippen molar-refractivity contribution in [2.75, 3.05) is 0 Å². The van der Waals surface area contributed by atoms with E-state index in [9.17, 15) is 0 Å². The van der Waals surface area contributed by atoms with Crippen LogP contribution in [0.25, 0.3) is 5.69 Å². The Morgan fingerprint density at radius 2 is 2.25 bits per heavy atom. The van der Waals surface area contributed by atoms with E-state index in [1.54, 1.807) is 29.3 Å². The van der Waals surface area contributed by atoms with Gasteiger partial charge in [-0.15, -0.1) is 5.10 Å². The van der Waals surface area contributed by atoms with Gasteiger partial charge in [-0.2, -0.15) is 0 Å². The van der Waals surface area contributed by atoms with Crippen LogP contribution in [0.15, 0.2) is 30.7 Å². The van der Waals surface area contributed by atoms with Crippen LogP contribution in [-0.4, -0.2) is 20.0 Å². The lowest BCUT2D eigenvalue weighted by molar-refractivity contribution is 0.800. The Labute approximate surface area is 73.8 Å². The molecule has 2 aromatic heterocycles. The van der Waals surface area contributed by atoms with E-state index in [0.717, 1.165) is 5.69 Å². The van der Waals surface area contributed by atoms with Crippen LogP contribution in [0.5, 0.6) is 0 Å². The van der Waals surface area contributed by atoms with Crippen molar-refractivity contribution < 1.29 is 0 Å². The molecule has 0 bridgehead atoms. The van der Waals surface area contributed by atoms with Crippen LogP contribution in [-0.2, 0) is 0 Å². The van der Waals surface area contributed by atoms with Gasteiger partial charge in [0.2, 0.25) is 0 Å². The molecule has 0 N–H and O–H groups in total. The van der Waals surface area contributed by atoms with Crippen molar-refractivity contribution >= 4 is 11.6 Å². The van der Waals surface area contributed by atoms with Crippen molar-refractivity contribution in [2.45, 2.75) is 0 Å². The highest BCUT2D eigenvalue weighted by molar-refractivity contribution is 6.31. The number of nitrogens with zero attached hydrogens (tertiary/aromatic N) is 4. The molecule has 0 amide bonds. The normalized spacial score (nSPS) is 10.1. The molecular weight excluding hydrogens is 176 g/mol. The molecule has 5 heteroatoms. The molecule has 0 fully saturated rings. The van der Waals surface area contributed by atoms with Crippen LogP contribution in [0.4, 0.5) is 0 Å². The van der Waals surface area contributed by atoms with Crippen LogP contribution in [0, 0.1) is 0 Å². The molecule has 2 heterocycles. The van der Waals surface area contributed by atoms with E-state index in [1.165, 1.54) is 0 Å². The van der Waals surface area contributed by atoms with E-state index in [-0.39, 0.29) is 0 Å². The third-order valence-corrected chi connectivity index (χ3v) is 1.70. The topological polar surface area (TPSA) is 43.6 Å². The second-order valence-corrected chi connectivity index (χ2v) is 2.52. The van der Waals surface area contributed by atoms with E-state index in [1.807, 2.05) is 6.07 Å². The molecule has 0 saturated carbocycles. The first kappa shape index (κ1) is 7.24. The molecule has 0 aromatic carbocycles. The average molecular weight is 181 g/mol. The highest BCUT2D eigenvalue weighted by atomic mass is 35.5. The van der Waals surface area contributed by atoms with Crippen molar-refractivity contribution in [3.63, 3.8) is 0 Å². The van der Waals surface area contributed by atoms with Gasteiger partial charge in [0.1, 0.15) is 5.69 Å². The summed E-state index contributed by atoms with van der Waals surface area (Å²) in [4.78, 5) is 3.91. The fourth-order valence-corrected chi connectivity index (χ4v) is 1.09. The van der Waals surface area contributed by atoms with Crippen molar-refractivity contribution in [2.24, 2.45) is 0 Å². The summed E-state index contributed by atoms with van der Waals surface area (Å²) in [7, 11) is 0. The Balaban J connectivity index is 2.55. The van der Waals surface area contributed by atoms with Crippen LogP contribution in [0.1, 0.15) is 0 Å². The molecule has 0 aliphatic rings. The highest BCUT2D eigenvalue weighted by Gasteiger charge is 2.01. The largest absolute Gasteiger partial charge is 0.242 e. The SMILES string of the molecule is Clc1ncccc1-n1ccnn1. The Kier molecular flexibility index (Phi) is 1.75. The van der Waals surface area contributed by atoms with Crippen LogP contribution in [0.3, 0.4) is 0 Å². The fourth-order valence-electron chi connectivity index (χ4n) is 0.885. The molecule has 0 aliphatic carbocycles. The molecule has 60 valence electrons. The van der Waals surface area contributed by atoms with E-state index in [4.69, 9.17) is 11.6 Å². The summed E-state index contributed by atoms with van der Waals surface area (Å²) >= 11 is 5.82. The molecule has 2 aromatic rings. The lowest BCUT2D eigenvalue weighted by atomic mass is 10.4. The maximum absolute atomic E-state index is 5.82. The monoisotopic (exact) mass is 180 g/mol. The summed E-state index contributed by atoms with van der Waals surface area (Å²) in [5, 5.41) is 7.88. The number of pyridine rings is 1. The van der Waals surface area contributed by atoms with Gasteiger partial charge in [-0.3, -0.25) is 0 Å². The van der Waals surface area contributed by atoms with Gasteiger partial charge in [0.05, 0.1) is 12.4 Å². The molecule has 12 heavy (non-hydrogen) atoms. The molecular formula is C7H5ClN4.